The number of benzene rings is 5. The molecule has 43 heavy (non-hydrogen) atoms. The molecule has 3 aliphatic rings. The normalized spacial score (nSPS) is 20.7. The fourth-order valence-corrected chi connectivity index (χ4v) is 7.05. The molecule has 0 saturated carbocycles. The number of allylic oxidation sites excluding steroid dienone is 2. The summed E-state index contributed by atoms with van der Waals surface area (Å²) in [6.07, 6.45) is 6.18. The lowest BCUT2D eigenvalue weighted by Crippen LogP contribution is -2.46. The molecule has 0 spiro atoms. The van der Waals surface area contributed by atoms with Gasteiger partial charge in [-0.05, 0) is 45.7 Å². The molecule has 0 bridgehead atoms. The predicted octanol–water partition coefficient (Wildman–Crippen LogP) is 8.07. The zero-order valence-electron chi connectivity index (χ0n) is 23.3. The van der Waals surface area contributed by atoms with Crippen LogP contribution in [0.4, 0.5) is 5.69 Å². The van der Waals surface area contributed by atoms with E-state index >= 15 is 0 Å². The first-order valence-corrected chi connectivity index (χ1v) is 15.4. The molecule has 0 amide bonds. The summed E-state index contributed by atoms with van der Waals surface area (Å²) in [4.78, 5) is 11.3. The molecule has 5 nitrogen and oxygen atoms in total. The molecule has 0 aliphatic carbocycles. The summed E-state index contributed by atoms with van der Waals surface area (Å²) in [7, 11) is 0. The third-order valence-corrected chi connectivity index (χ3v) is 9.29. The van der Waals surface area contributed by atoms with Crippen molar-refractivity contribution in [1.82, 2.24) is 10.6 Å². The summed E-state index contributed by atoms with van der Waals surface area (Å²) in [5, 5.41) is 13.8. The van der Waals surface area contributed by atoms with Crippen molar-refractivity contribution in [3.8, 4) is 0 Å². The molecule has 0 aromatic heterocycles. The average Bonchev–Trinajstić information content (AvgIpc) is 3.54. The number of anilines is 1. The molecule has 208 valence electrons. The highest BCUT2D eigenvalue weighted by atomic mass is 32.2. The Balaban J connectivity index is 1.10. The van der Waals surface area contributed by atoms with Crippen LogP contribution in [0.15, 0.2) is 154 Å². The van der Waals surface area contributed by atoms with Gasteiger partial charge in [0.2, 0.25) is 0 Å². The summed E-state index contributed by atoms with van der Waals surface area (Å²) in [5.41, 5.74) is 6.78. The second-order valence-corrected chi connectivity index (χ2v) is 11.9. The standard InChI is InChI=1S/C37H29N5S/c1-4-11-25(12-5-1)34-40-35(26-13-6-2-7-14-26)42-36(41-34)32-18-10-17-30(38-32)28-20-19-24-21-22-31-33(29(24)23-28)43-37(39-31)27-15-8-3-9-16-27/h1-23,32,34,37-39H,(H,40,41,42). The molecule has 3 unspecified atom stereocenters. The lowest BCUT2D eigenvalue weighted by Gasteiger charge is -2.29. The number of nitrogens with one attached hydrogen (secondary N) is 3. The Kier molecular flexibility index (Phi) is 6.54. The van der Waals surface area contributed by atoms with E-state index < -0.39 is 0 Å². The molecule has 3 atom stereocenters. The van der Waals surface area contributed by atoms with Gasteiger partial charge in [-0.15, -0.1) is 0 Å². The molecule has 0 saturated heterocycles. The maximum Gasteiger partial charge on any atom is 0.159 e. The number of thioether (sulfide) groups is 1. The highest BCUT2D eigenvalue weighted by Crippen LogP contribution is 2.49. The van der Waals surface area contributed by atoms with Crippen molar-refractivity contribution in [2.45, 2.75) is 22.5 Å². The molecule has 3 N–H and O–H groups in total. The summed E-state index contributed by atoms with van der Waals surface area (Å²) < 4.78 is 0. The van der Waals surface area contributed by atoms with Crippen LogP contribution in [0.1, 0.15) is 33.8 Å². The van der Waals surface area contributed by atoms with Gasteiger partial charge in [0, 0.05) is 21.8 Å². The van der Waals surface area contributed by atoms with Crippen LogP contribution < -0.4 is 16.0 Å². The fraction of sp³-hybridized carbons (Fsp3) is 0.0811. The van der Waals surface area contributed by atoms with E-state index in [1.165, 1.54) is 26.9 Å². The Morgan fingerprint density at radius 2 is 1.37 bits per heavy atom. The number of fused-ring (bicyclic) bond motifs is 3. The second-order valence-electron chi connectivity index (χ2n) is 10.8. The van der Waals surface area contributed by atoms with E-state index in [-0.39, 0.29) is 17.6 Å². The molecule has 5 aromatic rings. The Morgan fingerprint density at radius 1 is 0.651 bits per heavy atom. The molecular formula is C37H29N5S. The van der Waals surface area contributed by atoms with E-state index in [1.807, 2.05) is 48.2 Å². The van der Waals surface area contributed by atoms with Crippen LogP contribution in [0.2, 0.25) is 0 Å². The fourth-order valence-electron chi connectivity index (χ4n) is 5.78. The molecule has 5 aromatic carbocycles. The van der Waals surface area contributed by atoms with E-state index in [2.05, 4.69) is 119 Å². The zero-order chi connectivity index (χ0) is 28.6. The summed E-state index contributed by atoms with van der Waals surface area (Å²) in [5.74, 6) is 1.57. The van der Waals surface area contributed by atoms with Crippen molar-refractivity contribution in [3.05, 3.63) is 162 Å². The van der Waals surface area contributed by atoms with Gasteiger partial charge in [-0.25, -0.2) is 9.98 Å². The van der Waals surface area contributed by atoms with Gasteiger partial charge in [-0.2, -0.15) is 0 Å². The van der Waals surface area contributed by atoms with Crippen LogP contribution in [-0.2, 0) is 0 Å². The third-order valence-electron chi connectivity index (χ3n) is 7.99. The number of rotatable bonds is 5. The minimum absolute atomic E-state index is 0.129. The quantitative estimate of drug-likeness (QED) is 0.198. The maximum atomic E-state index is 5.02. The number of hydrogen-bond donors (Lipinski definition) is 3. The number of nitrogens with zero attached hydrogens (tertiary/aromatic N) is 2. The zero-order valence-corrected chi connectivity index (χ0v) is 24.1. The Hall–Kier alpha value is -5.07. The first-order chi connectivity index (χ1) is 21.3. The summed E-state index contributed by atoms with van der Waals surface area (Å²) in [6.45, 7) is 0. The smallest absolute Gasteiger partial charge is 0.159 e. The van der Waals surface area contributed by atoms with Crippen LogP contribution in [0.5, 0.6) is 0 Å². The number of hydrogen-bond acceptors (Lipinski definition) is 6. The minimum atomic E-state index is -0.223. The van der Waals surface area contributed by atoms with Crippen LogP contribution in [-0.4, -0.2) is 17.7 Å². The number of amidine groups is 2. The lowest BCUT2D eigenvalue weighted by molar-refractivity contribution is 0.651. The highest BCUT2D eigenvalue weighted by Gasteiger charge is 2.27. The van der Waals surface area contributed by atoms with E-state index in [0.717, 1.165) is 34.1 Å². The van der Waals surface area contributed by atoms with Crippen molar-refractivity contribution in [3.63, 3.8) is 0 Å². The van der Waals surface area contributed by atoms with E-state index in [1.54, 1.807) is 0 Å². The predicted molar refractivity (Wildman–Crippen MR) is 179 cm³/mol. The summed E-state index contributed by atoms with van der Waals surface area (Å²) >= 11 is 1.89. The van der Waals surface area contributed by atoms with Crippen molar-refractivity contribution in [1.29, 1.82) is 0 Å². The lowest BCUT2D eigenvalue weighted by atomic mass is 10.0. The van der Waals surface area contributed by atoms with E-state index in [0.29, 0.717) is 0 Å². The Labute approximate surface area is 255 Å². The van der Waals surface area contributed by atoms with Gasteiger partial charge in [0.05, 0.1) is 0 Å². The molecule has 8 rings (SSSR count). The Morgan fingerprint density at radius 3 is 2.16 bits per heavy atom. The van der Waals surface area contributed by atoms with Gasteiger partial charge < -0.3 is 16.0 Å². The van der Waals surface area contributed by atoms with Gasteiger partial charge in [0.25, 0.3) is 0 Å². The van der Waals surface area contributed by atoms with Crippen LogP contribution in [0.25, 0.3) is 16.5 Å². The molecule has 0 fully saturated rings. The largest absolute Gasteiger partial charge is 0.372 e. The number of aliphatic imine (C=N–C) groups is 2. The minimum Gasteiger partial charge on any atom is -0.372 e. The molecular weight excluding hydrogens is 547 g/mol. The van der Waals surface area contributed by atoms with Gasteiger partial charge in [-0.3, -0.25) is 0 Å². The van der Waals surface area contributed by atoms with Crippen molar-refractivity contribution >= 4 is 45.6 Å². The third kappa shape index (κ3) is 5.00. The monoisotopic (exact) mass is 575 g/mol. The maximum absolute atomic E-state index is 5.02. The van der Waals surface area contributed by atoms with Crippen molar-refractivity contribution in [2.24, 2.45) is 9.98 Å². The van der Waals surface area contributed by atoms with Gasteiger partial charge >= 0.3 is 0 Å². The van der Waals surface area contributed by atoms with Gasteiger partial charge in [0.1, 0.15) is 23.4 Å². The van der Waals surface area contributed by atoms with Crippen LogP contribution >= 0.6 is 11.8 Å². The topological polar surface area (TPSA) is 60.8 Å². The van der Waals surface area contributed by atoms with E-state index in [4.69, 9.17) is 9.98 Å². The molecule has 3 heterocycles. The molecule has 3 aliphatic heterocycles. The van der Waals surface area contributed by atoms with Crippen LogP contribution in [0.3, 0.4) is 0 Å². The Bertz CT molecular complexity index is 1930. The van der Waals surface area contributed by atoms with Gasteiger partial charge in [0.15, 0.2) is 5.84 Å². The average molecular weight is 576 g/mol. The number of dihydropyridines is 1. The summed E-state index contributed by atoms with van der Waals surface area (Å²) in [6, 6.07) is 42.2. The first kappa shape index (κ1) is 25.6. The van der Waals surface area contributed by atoms with Crippen molar-refractivity contribution < 1.29 is 0 Å². The second kappa shape index (κ2) is 11.0. The van der Waals surface area contributed by atoms with E-state index in [9.17, 15) is 0 Å². The molecule has 6 heteroatoms. The van der Waals surface area contributed by atoms with Crippen molar-refractivity contribution in [2.75, 3.05) is 5.32 Å². The highest BCUT2D eigenvalue weighted by molar-refractivity contribution is 8.00. The van der Waals surface area contributed by atoms with Gasteiger partial charge in [-0.1, -0.05) is 133 Å². The van der Waals surface area contributed by atoms with Crippen LogP contribution in [0, 0.1) is 0 Å². The SMILES string of the molecule is C1=CC(C2=NC(c3ccccc3)=NC(c3ccccc3)N2)NC(c2ccc3ccc4c(c3c2)SC(c2ccccc2)N4)=C1. The molecule has 0 radical (unpaired) electrons. The first-order valence-electron chi connectivity index (χ1n) is 14.5.